The predicted octanol–water partition coefficient (Wildman–Crippen LogP) is 4.38. The van der Waals surface area contributed by atoms with Gasteiger partial charge in [0.1, 0.15) is 11.6 Å². The Morgan fingerprint density at radius 1 is 1.00 bits per heavy atom. The lowest BCUT2D eigenvalue weighted by atomic mass is 9.95. The van der Waals surface area contributed by atoms with Crippen LogP contribution in [0.3, 0.4) is 0 Å². The van der Waals surface area contributed by atoms with Gasteiger partial charge in [-0.05, 0) is 54.1 Å². The van der Waals surface area contributed by atoms with Crippen molar-refractivity contribution in [3.05, 3.63) is 88.6 Å². The predicted molar refractivity (Wildman–Crippen MR) is 120 cm³/mol. The Balaban J connectivity index is 1.96. The van der Waals surface area contributed by atoms with Gasteiger partial charge in [-0.25, -0.2) is 4.98 Å². The van der Waals surface area contributed by atoms with Gasteiger partial charge in [0.05, 0.1) is 25.8 Å². The van der Waals surface area contributed by atoms with E-state index in [0.717, 1.165) is 0 Å². The number of nitrogens with zero attached hydrogens (tertiary/aromatic N) is 2. The largest absolute Gasteiger partial charge is 0.507 e. The van der Waals surface area contributed by atoms with Crippen LogP contribution in [0.4, 0.5) is 5.82 Å². The summed E-state index contributed by atoms with van der Waals surface area (Å²) in [6, 6.07) is 15.5. The number of hydrogen-bond acceptors (Lipinski definition) is 6. The fraction of sp³-hybridized carbons (Fsp3) is 0.125. The molecule has 32 heavy (non-hydrogen) atoms. The number of hydrogen-bond donors (Lipinski definition) is 1. The first-order valence-corrected chi connectivity index (χ1v) is 10.0. The minimum atomic E-state index is -0.930. The fourth-order valence-electron chi connectivity index (χ4n) is 3.67. The lowest BCUT2D eigenvalue weighted by molar-refractivity contribution is -0.132. The second-order valence-corrected chi connectivity index (χ2v) is 7.41. The number of halogens is 1. The van der Waals surface area contributed by atoms with Crippen molar-refractivity contribution in [2.75, 3.05) is 19.1 Å². The first-order chi connectivity index (χ1) is 15.5. The molecule has 1 saturated heterocycles. The van der Waals surface area contributed by atoms with E-state index in [2.05, 4.69) is 4.98 Å². The third kappa shape index (κ3) is 3.67. The summed E-state index contributed by atoms with van der Waals surface area (Å²) in [5, 5.41) is 11.6. The molecule has 2 heterocycles. The van der Waals surface area contributed by atoms with Crippen LogP contribution in [0.2, 0.25) is 5.02 Å². The Hall–Kier alpha value is -3.84. The molecule has 1 aromatic heterocycles. The van der Waals surface area contributed by atoms with Crippen LogP contribution in [-0.2, 0) is 9.59 Å². The highest BCUT2D eigenvalue weighted by Crippen LogP contribution is 2.43. The maximum Gasteiger partial charge on any atom is 0.301 e. The normalized spacial score (nSPS) is 17.5. The van der Waals surface area contributed by atoms with Crippen molar-refractivity contribution in [2.24, 2.45) is 0 Å². The van der Waals surface area contributed by atoms with Gasteiger partial charge in [-0.2, -0.15) is 0 Å². The molecule has 8 heteroatoms. The minimum absolute atomic E-state index is 0.0600. The van der Waals surface area contributed by atoms with Crippen LogP contribution in [0, 0.1) is 0 Å². The highest BCUT2D eigenvalue weighted by atomic mass is 35.5. The molecule has 0 saturated carbocycles. The van der Waals surface area contributed by atoms with Crippen molar-refractivity contribution < 1.29 is 24.2 Å². The number of ether oxygens (including phenoxy) is 2. The number of aliphatic hydroxyl groups excluding tert-OH is 1. The summed E-state index contributed by atoms with van der Waals surface area (Å²) in [4.78, 5) is 31.7. The number of amides is 1. The molecule has 2 aromatic carbocycles. The van der Waals surface area contributed by atoms with E-state index in [-0.39, 0.29) is 17.2 Å². The summed E-state index contributed by atoms with van der Waals surface area (Å²) < 4.78 is 10.7. The lowest BCUT2D eigenvalue weighted by Crippen LogP contribution is -2.30. The summed E-state index contributed by atoms with van der Waals surface area (Å²) in [5.74, 6) is -0.725. The van der Waals surface area contributed by atoms with Crippen LogP contribution in [0.1, 0.15) is 17.2 Å². The third-order valence-electron chi connectivity index (χ3n) is 5.18. The summed E-state index contributed by atoms with van der Waals surface area (Å²) in [7, 11) is 3.00. The first kappa shape index (κ1) is 21.4. The molecule has 3 aromatic rings. The van der Waals surface area contributed by atoms with Crippen molar-refractivity contribution in [2.45, 2.75) is 6.04 Å². The van der Waals surface area contributed by atoms with E-state index in [4.69, 9.17) is 21.1 Å². The maximum atomic E-state index is 13.1. The number of rotatable bonds is 5. The topological polar surface area (TPSA) is 89.0 Å². The van der Waals surface area contributed by atoms with Crippen LogP contribution in [0.15, 0.2) is 72.4 Å². The monoisotopic (exact) mass is 450 g/mol. The van der Waals surface area contributed by atoms with E-state index in [1.807, 2.05) is 0 Å². The molecule has 1 N–H and O–H groups in total. The summed E-state index contributed by atoms with van der Waals surface area (Å²) in [6.07, 6.45) is 1.53. The molecule has 0 spiro atoms. The van der Waals surface area contributed by atoms with Gasteiger partial charge in [-0.1, -0.05) is 23.7 Å². The minimum Gasteiger partial charge on any atom is -0.507 e. The number of aromatic nitrogens is 1. The zero-order chi connectivity index (χ0) is 22.8. The van der Waals surface area contributed by atoms with Gasteiger partial charge in [0.25, 0.3) is 5.78 Å². The van der Waals surface area contributed by atoms with Gasteiger partial charge in [0.2, 0.25) is 0 Å². The molecule has 0 bridgehead atoms. The number of carbonyl (C=O) groups excluding carboxylic acids is 2. The van der Waals surface area contributed by atoms with Gasteiger partial charge in [-0.3, -0.25) is 14.5 Å². The molecule has 0 aliphatic carbocycles. The van der Waals surface area contributed by atoms with Crippen LogP contribution >= 0.6 is 11.6 Å². The van der Waals surface area contributed by atoms with Crippen LogP contribution in [-0.4, -0.2) is 36.0 Å². The summed E-state index contributed by atoms with van der Waals surface area (Å²) >= 11 is 5.96. The maximum absolute atomic E-state index is 13.1. The molecule has 1 aliphatic rings. The number of aliphatic hydroxyl groups is 1. The summed E-state index contributed by atoms with van der Waals surface area (Å²) in [5.41, 5.74) is 0.845. The fourth-order valence-corrected chi connectivity index (χ4v) is 3.79. The van der Waals surface area contributed by atoms with E-state index < -0.39 is 17.7 Å². The van der Waals surface area contributed by atoms with E-state index >= 15 is 0 Å². The van der Waals surface area contributed by atoms with E-state index in [1.165, 1.54) is 25.3 Å². The highest BCUT2D eigenvalue weighted by Gasteiger charge is 2.47. The van der Waals surface area contributed by atoms with Crippen LogP contribution in [0.25, 0.3) is 5.76 Å². The van der Waals surface area contributed by atoms with Gasteiger partial charge < -0.3 is 14.6 Å². The molecule has 1 aliphatic heterocycles. The molecule has 162 valence electrons. The van der Waals surface area contributed by atoms with Crippen LogP contribution < -0.4 is 14.4 Å². The Morgan fingerprint density at radius 3 is 2.34 bits per heavy atom. The molecule has 0 unspecified atom stereocenters. The standard InChI is InChI=1S/C24H19ClN2O5/c1-31-17-11-8-15(13-18(17)32-2)21-20(22(28)14-6-9-16(25)10-7-14)23(29)24(30)27(21)19-5-3-4-12-26-19/h3-13,21,28H,1-2H3/t21-/m0/s1. The number of pyridine rings is 1. The number of methoxy groups -OCH3 is 2. The Morgan fingerprint density at radius 2 is 1.72 bits per heavy atom. The average Bonchev–Trinajstić information content (AvgIpc) is 3.09. The second kappa shape index (κ2) is 8.72. The van der Waals surface area contributed by atoms with Crippen LogP contribution in [0.5, 0.6) is 11.5 Å². The van der Waals surface area contributed by atoms with Crippen molar-refractivity contribution in [3.63, 3.8) is 0 Å². The molecule has 1 fully saturated rings. The second-order valence-electron chi connectivity index (χ2n) is 6.98. The van der Waals surface area contributed by atoms with E-state index in [9.17, 15) is 14.7 Å². The smallest absolute Gasteiger partial charge is 0.301 e. The van der Waals surface area contributed by atoms with Crippen molar-refractivity contribution in [1.82, 2.24) is 4.98 Å². The first-order valence-electron chi connectivity index (χ1n) is 9.66. The van der Waals surface area contributed by atoms with E-state index in [0.29, 0.717) is 27.6 Å². The average molecular weight is 451 g/mol. The van der Waals surface area contributed by atoms with Gasteiger partial charge >= 0.3 is 5.91 Å². The van der Waals surface area contributed by atoms with Gasteiger partial charge in [-0.15, -0.1) is 0 Å². The molecular weight excluding hydrogens is 432 g/mol. The molecule has 4 rings (SSSR count). The van der Waals surface area contributed by atoms with Crippen molar-refractivity contribution in [1.29, 1.82) is 0 Å². The number of anilines is 1. The summed E-state index contributed by atoms with van der Waals surface area (Å²) in [6.45, 7) is 0. The molecule has 1 amide bonds. The Labute approximate surface area is 189 Å². The van der Waals surface area contributed by atoms with Gasteiger partial charge in [0, 0.05) is 16.8 Å². The third-order valence-corrected chi connectivity index (χ3v) is 5.43. The Bertz CT molecular complexity index is 1210. The number of carbonyl (C=O) groups is 2. The number of ketones is 1. The SMILES string of the molecule is COc1ccc([C@H]2C(=C(O)c3ccc(Cl)cc3)C(=O)C(=O)N2c2ccccn2)cc1OC. The molecule has 1 atom stereocenters. The molecule has 0 radical (unpaired) electrons. The van der Waals surface area contributed by atoms with Crippen molar-refractivity contribution in [3.8, 4) is 11.5 Å². The quantitative estimate of drug-likeness (QED) is 0.352. The zero-order valence-corrected chi connectivity index (χ0v) is 18.0. The lowest BCUT2D eigenvalue weighted by Gasteiger charge is -2.25. The van der Waals surface area contributed by atoms with E-state index in [1.54, 1.807) is 60.7 Å². The zero-order valence-electron chi connectivity index (χ0n) is 17.3. The Kier molecular flexibility index (Phi) is 5.83. The number of Topliss-reactive ketones (excluding diaryl/α,β-unsaturated/α-hetero) is 1. The van der Waals surface area contributed by atoms with Crippen molar-refractivity contribution >= 4 is 34.9 Å². The number of benzene rings is 2. The molecular formula is C24H19ClN2O5. The van der Waals surface area contributed by atoms with Gasteiger partial charge in [0.15, 0.2) is 11.5 Å². The highest BCUT2D eigenvalue weighted by molar-refractivity contribution is 6.51. The molecule has 7 nitrogen and oxygen atoms in total.